The highest BCUT2D eigenvalue weighted by atomic mass is 35.5. The molecule has 2 aliphatic heterocycles. The van der Waals surface area contributed by atoms with E-state index in [1.807, 2.05) is 42.6 Å². The van der Waals surface area contributed by atoms with Crippen LogP contribution in [0, 0.1) is 17.6 Å². The number of pyridine rings is 2. The van der Waals surface area contributed by atoms with Crippen LogP contribution in [-0.4, -0.2) is 46.1 Å². The fourth-order valence-electron chi connectivity index (χ4n) is 6.52. The van der Waals surface area contributed by atoms with Gasteiger partial charge in [0.25, 0.3) is 0 Å². The van der Waals surface area contributed by atoms with Gasteiger partial charge in [0.15, 0.2) is 0 Å². The van der Waals surface area contributed by atoms with Gasteiger partial charge in [0, 0.05) is 59.5 Å². The first kappa shape index (κ1) is 41.5. The van der Waals surface area contributed by atoms with E-state index in [2.05, 4.69) is 30.2 Å². The van der Waals surface area contributed by atoms with Crippen molar-refractivity contribution in [2.75, 3.05) is 31.1 Å². The number of aromatic nitrogens is 4. The maximum atomic E-state index is 15.5. The van der Waals surface area contributed by atoms with E-state index in [0.717, 1.165) is 45.0 Å². The largest absolute Gasteiger partial charge is 0.356 e. The van der Waals surface area contributed by atoms with Crippen LogP contribution in [0.3, 0.4) is 0 Å². The molecule has 4 aromatic carbocycles. The Labute approximate surface area is 358 Å². The van der Waals surface area contributed by atoms with Gasteiger partial charge in [0.1, 0.15) is 17.5 Å². The normalized spacial score (nSPS) is 13.1. The van der Waals surface area contributed by atoms with E-state index in [4.69, 9.17) is 23.2 Å². The minimum Gasteiger partial charge on any atom is -0.356 e. The lowest BCUT2D eigenvalue weighted by atomic mass is 9.97. The molecule has 8 aromatic rings. The second-order valence-corrected chi connectivity index (χ2v) is 16.3. The van der Waals surface area contributed by atoms with Gasteiger partial charge in [-0.25, -0.2) is 28.7 Å². The van der Waals surface area contributed by atoms with Gasteiger partial charge >= 0.3 is 0 Å². The van der Waals surface area contributed by atoms with Crippen molar-refractivity contribution in [3.05, 3.63) is 158 Å². The Hall–Kier alpha value is -4.62. The molecule has 0 amide bonds. The lowest BCUT2D eigenvalue weighted by Crippen LogP contribution is -2.37. The molecular formula is C44H36Cl3F3N6S2. The number of hydrogen-bond acceptors (Lipinski definition) is 8. The van der Waals surface area contributed by atoms with Gasteiger partial charge in [-0.05, 0) is 108 Å². The van der Waals surface area contributed by atoms with E-state index in [9.17, 15) is 4.39 Å². The summed E-state index contributed by atoms with van der Waals surface area (Å²) in [5, 5.41) is 4.23. The number of nitrogens with one attached hydrogen (secondary N) is 1. The fraction of sp³-hybridized carbons (Fsp3) is 0.182. The second kappa shape index (κ2) is 19.0. The van der Waals surface area contributed by atoms with Crippen LogP contribution < -0.4 is 10.2 Å². The zero-order valence-corrected chi connectivity index (χ0v) is 34.9. The van der Waals surface area contributed by atoms with E-state index in [1.54, 1.807) is 53.5 Å². The zero-order chi connectivity index (χ0) is 39.3. The number of rotatable bonds is 7. The van der Waals surface area contributed by atoms with Gasteiger partial charge < -0.3 is 10.2 Å². The molecule has 0 bridgehead atoms. The summed E-state index contributed by atoms with van der Waals surface area (Å²) in [7, 11) is 0. The van der Waals surface area contributed by atoms with E-state index in [0.29, 0.717) is 61.7 Å². The highest BCUT2D eigenvalue weighted by Gasteiger charge is 2.20. The summed E-state index contributed by atoms with van der Waals surface area (Å²) in [6.07, 6.45) is 6.69. The summed E-state index contributed by atoms with van der Waals surface area (Å²) < 4.78 is 45.7. The molecule has 6 heterocycles. The number of nitrogens with zero attached hydrogens (tertiary/aromatic N) is 5. The van der Waals surface area contributed by atoms with Crippen molar-refractivity contribution in [3.8, 4) is 22.3 Å². The third-order valence-electron chi connectivity index (χ3n) is 9.78. The van der Waals surface area contributed by atoms with Gasteiger partial charge in [0.2, 0.25) is 5.95 Å². The summed E-state index contributed by atoms with van der Waals surface area (Å²) in [6, 6.07) is 25.0. The van der Waals surface area contributed by atoms with Crippen LogP contribution in [-0.2, 0) is 12.8 Å². The van der Waals surface area contributed by atoms with Gasteiger partial charge in [-0.3, -0.25) is 0 Å². The van der Waals surface area contributed by atoms with Crippen molar-refractivity contribution in [2.24, 2.45) is 0 Å². The first-order valence-corrected chi connectivity index (χ1v) is 20.9. The minimum atomic E-state index is -0.554. The molecule has 296 valence electrons. The monoisotopic (exact) mass is 874 g/mol. The summed E-state index contributed by atoms with van der Waals surface area (Å²) in [4.78, 5) is 19.1. The van der Waals surface area contributed by atoms with Crippen molar-refractivity contribution < 1.29 is 13.2 Å². The number of thiazole rings is 2. The molecule has 0 unspecified atom stereocenters. The molecule has 0 saturated carbocycles. The maximum Gasteiger partial charge on any atom is 0.212 e. The van der Waals surface area contributed by atoms with E-state index < -0.39 is 5.95 Å². The Balaban J connectivity index is 0.000000159. The van der Waals surface area contributed by atoms with Crippen molar-refractivity contribution in [2.45, 2.75) is 25.7 Å². The first-order chi connectivity index (χ1) is 27.8. The van der Waals surface area contributed by atoms with Crippen LogP contribution in [0.25, 0.3) is 42.7 Å². The van der Waals surface area contributed by atoms with E-state index in [-0.39, 0.29) is 24.0 Å². The number of benzene rings is 4. The predicted octanol–water partition coefficient (Wildman–Crippen LogP) is 12.2. The quantitative estimate of drug-likeness (QED) is 0.161. The van der Waals surface area contributed by atoms with Crippen molar-refractivity contribution in [1.82, 2.24) is 25.3 Å². The molecule has 4 aromatic heterocycles. The Kier molecular flexibility index (Phi) is 13.6. The SMILES string of the molecule is C1CNC1.Cl.Fc1c(Cc2ccc(N3CCC3)nc2)cc2scnc2c1-c1cccc(Cl)c1.Fc1ccc(Cc2cc3scnc3c(-c3cccc(Cl)c3)c2F)cn1. The molecule has 2 aliphatic rings. The molecule has 0 atom stereocenters. The molecule has 10 rings (SSSR count). The lowest BCUT2D eigenvalue weighted by Gasteiger charge is -2.31. The van der Waals surface area contributed by atoms with Crippen molar-refractivity contribution in [1.29, 1.82) is 0 Å². The van der Waals surface area contributed by atoms with Crippen LogP contribution in [0.5, 0.6) is 0 Å². The Morgan fingerprint density at radius 2 is 1.12 bits per heavy atom. The van der Waals surface area contributed by atoms with Crippen LogP contribution in [0.1, 0.15) is 35.1 Å². The topological polar surface area (TPSA) is 66.8 Å². The van der Waals surface area contributed by atoms with Crippen LogP contribution in [0.4, 0.5) is 19.0 Å². The average molecular weight is 876 g/mol. The van der Waals surface area contributed by atoms with Crippen LogP contribution in [0.2, 0.25) is 10.0 Å². The average Bonchev–Trinajstić information content (AvgIpc) is 3.82. The molecule has 0 radical (unpaired) electrons. The molecule has 0 aliphatic carbocycles. The number of halogens is 6. The summed E-state index contributed by atoms with van der Waals surface area (Å²) >= 11 is 15.2. The van der Waals surface area contributed by atoms with E-state index >= 15 is 8.78 Å². The summed E-state index contributed by atoms with van der Waals surface area (Å²) in [5.74, 6) is -0.146. The van der Waals surface area contributed by atoms with Crippen molar-refractivity contribution in [3.63, 3.8) is 0 Å². The number of fused-ring (bicyclic) bond motifs is 2. The highest BCUT2D eigenvalue weighted by Crippen LogP contribution is 2.38. The maximum absolute atomic E-state index is 15.5. The molecule has 6 nitrogen and oxygen atoms in total. The molecule has 58 heavy (non-hydrogen) atoms. The number of hydrogen-bond donors (Lipinski definition) is 1. The van der Waals surface area contributed by atoms with Gasteiger partial charge in [0.05, 0.1) is 31.5 Å². The third kappa shape index (κ3) is 9.47. The predicted molar refractivity (Wildman–Crippen MR) is 236 cm³/mol. The van der Waals surface area contributed by atoms with Crippen molar-refractivity contribution >= 4 is 84.5 Å². The molecule has 2 saturated heterocycles. The van der Waals surface area contributed by atoms with Gasteiger partial charge in [-0.2, -0.15) is 4.39 Å². The molecule has 14 heteroatoms. The van der Waals surface area contributed by atoms with Crippen LogP contribution >= 0.6 is 58.3 Å². The Morgan fingerprint density at radius 1 is 0.621 bits per heavy atom. The van der Waals surface area contributed by atoms with E-state index in [1.165, 1.54) is 60.9 Å². The van der Waals surface area contributed by atoms with Gasteiger partial charge in [-0.1, -0.05) is 59.6 Å². The molecule has 1 N–H and O–H groups in total. The molecule has 2 fully saturated rings. The second-order valence-electron chi connectivity index (χ2n) is 13.7. The molecular weight excluding hydrogens is 840 g/mol. The number of anilines is 1. The Morgan fingerprint density at radius 3 is 1.52 bits per heavy atom. The standard InChI is InChI=1S/C22H17ClFN3S.C19H11ClF2N2S.C3H7N.ClH/c23-17-4-1-3-15(10-17)20-21(24)16(11-18-22(20)26-13-28-18)9-14-5-6-19(25-12-14)27-7-2-8-27;20-14-3-1-2-12(7-14)17-18(22)13(8-15-19(17)24-10-25-15)6-11-4-5-16(21)23-9-11;1-2-4-3-1;/h1,3-6,10-13H,2,7-9H2;1-5,7-10H,6H2;4H,1-3H2;1H. The lowest BCUT2D eigenvalue weighted by molar-refractivity contribution is 0.527. The molecule has 0 spiro atoms. The zero-order valence-electron chi connectivity index (χ0n) is 30.9. The van der Waals surface area contributed by atoms with Gasteiger partial charge in [-0.15, -0.1) is 35.1 Å². The first-order valence-electron chi connectivity index (χ1n) is 18.4. The Bertz CT molecular complexity index is 2640. The smallest absolute Gasteiger partial charge is 0.212 e. The highest BCUT2D eigenvalue weighted by molar-refractivity contribution is 7.17. The summed E-state index contributed by atoms with van der Waals surface area (Å²) in [5.41, 5.74) is 10.0. The minimum absolute atomic E-state index is 0. The fourth-order valence-corrected chi connectivity index (χ4v) is 8.39. The van der Waals surface area contributed by atoms with Crippen LogP contribution in [0.15, 0.2) is 108 Å². The summed E-state index contributed by atoms with van der Waals surface area (Å²) in [6.45, 7) is 4.62. The third-order valence-corrected chi connectivity index (χ3v) is 11.8.